The molecule has 1 aromatic carbocycles. The third-order valence-electron chi connectivity index (χ3n) is 3.25. The summed E-state index contributed by atoms with van der Waals surface area (Å²) in [5.41, 5.74) is 0.257. The second-order valence-electron chi connectivity index (χ2n) is 5.19. The Kier molecular flexibility index (Phi) is 6.71. The number of halogens is 3. The van der Waals surface area contributed by atoms with Gasteiger partial charge in [0.1, 0.15) is 0 Å². The number of pyridine rings is 1. The van der Waals surface area contributed by atoms with E-state index in [0.29, 0.717) is 16.3 Å². The van der Waals surface area contributed by atoms with Crippen molar-refractivity contribution in [1.29, 1.82) is 0 Å². The number of thioether (sulfide) groups is 2. The number of nitrogens with zero attached hydrogens (tertiary/aromatic N) is 1. The van der Waals surface area contributed by atoms with E-state index in [1.54, 1.807) is 18.2 Å². The summed E-state index contributed by atoms with van der Waals surface area (Å²) in [6.07, 6.45) is -1.85. The average Bonchev–Trinajstić information content (AvgIpc) is 2.59. The molecule has 0 saturated carbocycles. The number of anilines is 1. The Balaban J connectivity index is 2.04. The minimum absolute atomic E-state index is 0.0473. The zero-order chi connectivity index (χ0) is 19.3. The van der Waals surface area contributed by atoms with Crippen molar-refractivity contribution in [1.82, 2.24) is 4.98 Å². The van der Waals surface area contributed by atoms with Crippen LogP contribution in [-0.2, 0) is 11.0 Å². The van der Waals surface area contributed by atoms with Gasteiger partial charge in [0.15, 0.2) is 5.78 Å². The highest BCUT2D eigenvalue weighted by molar-refractivity contribution is 8.00. The van der Waals surface area contributed by atoms with E-state index >= 15 is 0 Å². The second kappa shape index (κ2) is 8.59. The number of ketones is 1. The Bertz CT molecular complexity index is 809. The van der Waals surface area contributed by atoms with Crippen LogP contribution in [0.5, 0.6) is 0 Å². The molecule has 1 heterocycles. The number of aromatic nitrogens is 1. The van der Waals surface area contributed by atoms with Gasteiger partial charge in [0.2, 0.25) is 5.91 Å². The van der Waals surface area contributed by atoms with Crippen molar-refractivity contribution in [2.75, 3.05) is 17.3 Å². The number of amides is 1. The van der Waals surface area contributed by atoms with Crippen LogP contribution in [0.25, 0.3) is 0 Å². The Morgan fingerprint density at radius 2 is 1.92 bits per heavy atom. The predicted molar refractivity (Wildman–Crippen MR) is 96.8 cm³/mol. The Hall–Kier alpha value is -2.00. The zero-order valence-electron chi connectivity index (χ0n) is 13.9. The molecule has 9 heteroatoms. The molecular weight excluding hydrogens is 385 g/mol. The molecule has 26 heavy (non-hydrogen) atoms. The number of rotatable bonds is 6. The van der Waals surface area contributed by atoms with E-state index in [4.69, 9.17) is 0 Å². The van der Waals surface area contributed by atoms with Gasteiger partial charge < -0.3 is 5.32 Å². The first kappa shape index (κ1) is 20.3. The number of Topliss-reactive ketones (excluding diaryl/α,β-unsaturated/α-hetero) is 1. The van der Waals surface area contributed by atoms with E-state index in [2.05, 4.69) is 10.3 Å². The average molecular weight is 400 g/mol. The van der Waals surface area contributed by atoms with Gasteiger partial charge >= 0.3 is 6.18 Å². The summed E-state index contributed by atoms with van der Waals surface area (Å²) in [5, 5.41) is 3.03. The Morgan fingerprint density at radius 1 is 1.19 bits per heavy atom. The summed E-state index contributed by atoms with van der Waals surface area (Å²) >= 11 is 2.46. The van der Waals surface area contributed by atoms with Crippen LogP contribution in [0.3, 0.4) is 0 Å². The monoisotopic (exact) mass is 400 g/mol. The van der Waals surface area contributed by atoms with Gasteiger partial charge in [0.25, 0.3) is 0 Å². The maximum absolute atomic E-state index is 12.5. The summed E-state index contributed by atoms with van der Waals surface area (Å²) < 4.78 is 37.5. The van der Waals surface area contributed by atoms with E-state index in [-0.39, 0.29) is 17.4 Å². The largest absolute Gasteiger partial charge is 0.417 e. The number of benzene rings is 1. The third-order valence-corrected chi connectivity index (χ3v) is 4.97. The molecule has 0 spiro atoms. The zero-order valence-corrected chi connectivity index (χ0v) is 15.5. The summed E-state index contributed by atoms with van der Waals surface area (Å²) in [6.45, 7) is 1.40. The van der Waals surface area contributed by atoms with Crippen LogP contribution in [0.1, 0.15) is 22.8 Å². The smallest absolute Gasteiger partial charge is 0.325 e. The molecule has 2 aromatic rings. The highest BCUT2D eigenvalue weighted by Gasteiger charge is 2.30. The van der Waals surface area contributed by atoms with Gasteiger partial charge in [-0.15, -0.1) is 11.8 Å². The van der Waals surface area contributed by atoms with Crippen LogP contribution >= 0.6 is 23.5 Å². The number of carbonyl (C=O) groups excluding carboxylic acids is 2. The molecule has 0 aliphatic carbocycles. The van der Waals surface area contributed by atoms with Gasteiger partial charge in [-0.1, -0.05) is 11.8 Å². The van der Waals surface area contributed by atoms with Gasteiger partial charge in [-0.3, -0.25) is 9.59 Å². The first-order valence-electron chi connectivity index (χ1n) is 7.35. The fourth-order valence-corrected chi connectivity index (χ4v) is 3.33. The van der Waals surface area contributed by atoms with Crippen LogP contribution in [0.15, 0.2) is 46.5 Å². The lowest BCUT2D eigenvalue weighted by Crippen LogP contribution is -2.08. The molecule has 1 aromatic heterocycles. The molecule has 0 fully saturated rings. The summed E-state index contributed by atoms with van der Waals surface area (Å²) in [6, 6.07) is 7.12. The normalized spacial score (nSPS) is 11.3. The van der Waals surface area contributed by atoms with Crippen molar-refractivity contribution in [2.45, 2.75) is 23.0 Å². The number of carbonyl (C=O) groups is 2. The number of hydrogen-bond donors (Lipinski definition) is 1. The van der Waals surface area contributed by atoms with Gasteiger partial charge in [-0.25, -0.2) is 4.98 Å². The molecule has 1 amide bonds. The molecule has 0 radical (unpaired) electrons. The van der Waals surface area contributed by atoms with Crippen LogP contribution in [0, 0.1) is 0 Å². The summed E-state index contributed by atoms with van der Waals surface area (Å²) in [7, 11) is 0. The fourth-order valence-electron chi connectivity index (χ4n) is 2.01. The molecule has 2 rings (SSSR count). The van der Waals surface area contributed by atoms with Gasteiger partial charge in [-0.2, -0.15) is 13.2 Å². The molecule has 0 unspecified atom stereocenters. The lowest BCUT2D eigenvalue weighted by molar-refractivity contribution is -0.137. The van der Waals surface area contributed by atoms with E-state index in [1.807, 2.05) is 6.26 Å². The quantitative estimate of drug-likeness (QED) is 0.560. The van der Waals surface area contributed by atoms with E-state index in [9.17, 15) is 22.8 Å². The number of nitrogens with one attached hydrogen (secondary N) is 1. The number of alkyl halides is 3. The first-order valence-corrected chi connectivity index (χ1v) is 9.56. The maximum Gasteiger partial charge on any atom is 0.417 e. The first-order chi connectivity index (χ1) is 12.2. The summed E-state index contributed by atoms with van der Waals surface area (Å²) in [5.74, 6) is -0.337. The third kappa shape index (κ3) is 5.50. The van der Waals surface area contributed by atoms with Crippen LogP contribution in [0.4, 0.5) is 18.9 Å². The summed E-state index contributed by atoms with van der Waals surface area (Å²) in [4.78, 5) is 28.0. The Morgan fingerprint density at radius 3 is 2.46 bits per heavy atom. The highest BCUT2D eigenvalue weighted by atomic mass is 32.2. The van der Waals surface area contributed by atoms with Gasteiger partial charge in [0.05, 0.1) is 22.0 Å². The van der Waals surface area contributed by atoms with Crippen LogP contribution in [0.2, 0.25) is 0 Å². The van der Waals surface area contributed by atoms with Crippen molar-refractivity contribution >= 4 is 40.9 Å². The highest BCUT2D eigenvalue weighted by Crippen LogP contribution is 2.30. The second-order valence-corrected chi connectivity index (χ2v) is 7.03. The molecule has 138 valence electrons. The van der Waals surface area contributed by atoms with Crippen molar-refractivity contribution < 1.29 is 22.8 Å². The minimum atomic E-state index is -4.43. The van der Waals surface area contributed by atoms with Gasteiger partial charge in [0, 0.05) is 23.6 Å². The molecule has 0 bridgehead atoms. The molecular formula is C17H15F3N2O2S2. The molecule has 0 atom stereocenters. The van der Waals surface area contributed by atoms with Crippen molar-refractivity contribution in [3.8, 4) is 0 Å². The Labute approximate surface area is 157 Å². The molecule has 1 N–H and O–H groups in total. The standard InChI is InChI=1S/C17H15F3N2O2S2/c1-10(23)22-13-5-3-11(7-15(13)25-2)14(24)9-26-16-6-4-12(8-21-16)17(18,19)20/h3-8H,9H2,1-2H3,(H,22,23). The van der Waals surface area contributed by atoms with Crippen molar-refractivity contribution in [3.05, 3.63) is 47.7 Å². The molecule has 0 saturated heterocycles. The van der Waals surface area contributed by atoms with E-state index in [0.717, 1.165) is 28.9 Å². The van der Waals surface area contributed by atoms with Gasteiger partial charge in [-0.05, 0) is 36.6 Å². The van der Waals surface area contributed by atoms with Crippen LogP contribution < -0.4 is 5.32 Å². The topological polar surface area (TPSA) is 59.1 Å². The predicted octanol–water partition coefficient (Wildman–Crippen LogP) is 4.76. The van der Waals surface area contributed by atoms with Crippen molar-refractivity contribution in [3.63, 3.8) is 0 Å². The van der Waals surface area contributed by atoms with Crippen molar-refractivity contribution in [2.24, 2.45) is 0 Å². The lowest BCUT2D eigenvalue weighted by atomic mass is 10.1. The maximum atomic E-state index is 12.5. The molecule has 0 aliphatic rings. The molecule has 4 nitrogen and oxygen atoms in total. The number of hydrogen-bond acceptors (Lipinski definition) is 5. The minimum Gasteiger partial charge on any atom is -0.325 e. The lowest BCUT2D eigenvalue weighted by Gasteiger charge is -2.10. The van der Waals surface area contributed by atoms with E-state index in [1.165, 1.54) is 24.8 Å². The van der Waals surface area contributed by atoms with Crippen LogP contribution in [-0.4, -0.2) is 28.7 Å². The molecule has 0 aliphatic heterocycles. The van der Waals surface area contributed by atoms with E-state index < -0.39 is 11.7 Å². The SMILES string of the molecule is CSc1cc(C(=O)CSc2ccc(C(F)(F)F)cn2)ccc1NC(C)=O. The fraction of sp³-hybridized carbons (Fsp3) is 0.235.